The minimum Gasteiger partial charge on any atom is -0.267 e. The second kappa shape index (κ2) is 8.72. The second-order valence-electron chi connectivity index (χ2n) is 5.06. The predicted octanol–water partition coefficient (Wildman–Crippen LogP) is 3.80. The van der Waals surface area contributed by atoms with Crippen LogP contribution in [0, 0.1) is 0 Å². The first-order valence-corrected chi connectivity index (χ1v) is 7.63. The van der Waals surface area contributed by atoms with E-state index < -0.39 is 0 Å². The van der Waals surface area contributed by atoms with Gasteiger partial charge in [-0.1, -0.05) is 50.1 Å². The minimum atomic E-state index is -0.239. The molecular formula is C18H21N3O. The minimum absolute atomic E-state index is 0.239. The molecule has 22 heavy (non-hydrogen) atoms. The third-order valence-electron chi connectivity index (χ3n) is 3.34. The molecule has 2 rings (SSSR count). The van der Waals surface area contributed by atoms with Crippen molar-refractivity contribution in [1.29, 1.82) is 0 Å². The number of hydrogen-bond acceptors (Lipinski definition) is 3. The van der Waals surface area contributed by atoms with E-state index in [0.717, 1.165) is 37.0 Å². The molecule has 0 radical (unpaired) electrons. The van der Waals surface area contributed by atoms with Crippen molar-refractivity contribution in [3.05, 3.63) is 66.0 Å². The lowest BCUT2D eigenvalue weighted by Crippen LogP contribution is -2.20. The van der Waals surface area contributed by atoms with Gasteiger partial charge in [0, 0.05) is 12.4 Å². The summed E-state index contributed by atoms with van der Waals surface area (Å²) in [6.07, 6.45) is 7.40. The number of nitrogens with zero attached hydrogens (tertiary/aromatic N) is 2. The predicted molar refractivity (Wildman–Crippen MR) is 88.8 cm³/mol. The Hall–Kier alpha value is -2.49. The number of carbonyl (C=O) groups is 1. The summed E-state index contributed by atoms with van der Waals surface area (Å²) in [5.41, 5.74) is 5.10. The van der Waals surface area contributed by atoms with E-state index in [1.165, 1.54) is 6.20 Å². The Morgan fingerprint density at radius 3 is 2.55 bits per heavy atom. The summed E-state index contributed by atoms with van der Waals surface area (Å²) < 4.78 is 0. The van der Waals surface area contributed by atoms with Crippen LogP contribution in [0.15, 0.2) is 60.0 Å². The first kappa shape index (κ1) is 15.9. The van der Waals surface area contributed by atoms with Crippen molar-refractivity contribution in [2.24, 2.45) is 5.10 Å². The van der Waals surface area contributed by atoms with Gasteiger partial charge in [-0.05, 0) is 30.5 Å². The van der Waals surface area contributed by atoms with Crippen molar-refractivity contribution in [1.82, 2.24) is 10.4 Å². The van der Waals surface area contributed by atoms with Gasteiger partial charge in [-0.3, -0.25) is 9.78 Å². The molecule has 0 spiro atoms. The SMILES string of the molecule is CCCCCC(=NNC(=O)c1cccnc1)c1ccccc1. The van der Waals surface area contributed by atoms with Gasteiger partial charge in [-0.15, -0.1) is 0 Å². The van der Waals surface area contributed by atoms with E-state index in [1.54, 1.807) is 18.3 Å². The van der Waals surface area contributed by atoms with E-state index in [0.29, 0.717) is 5.56 Å². The van der Waals surface area contributed by atoms with Gasteiger partial charge in [-0.2, -0.15) is 5.10 Å². The highest BCUT2D eigenvalue weighted by Crippen LogP contribution is 2.09. The van der Waals surface area contributed by atoms with E-state index in [2.05, 4.69) is 22.4 Å². The van der Waals surface area contributed by atoms with E-state index in [9.17, 15) is 4.79 Å². The molecule has 114 valence electrons. The van der Waals surface area contributed by atoms with Crippen molar-refractivity contribution in [3.8, 4) is 0 Å². The van der Waals surface area contributed by atoms with Crippen molar-refractivity contribution >= 4 is 11.6 Å². The van der Waals surface area contributed by atoms with Crippen LogP contribution in [-0.2, 0) is 0 Å². The molecule has 4 heteroatoms. The van der Waals surface area contributed by atoms with Gasteiger partial charge in [-0.25, -0.2) is 5.43 Å². The fraction of sp³-hybridized carbons (Fsp3) is 0.278. The van der Waals surface area contributed by atoms with Gasteiger partial charge in [0.1, 0.15) is 0 Å². The molecule has 2 aromatic rings. The van der Waals surface area contributed by atoms with Crippen LogP contribution in [-0.4, -0.2) is 16.6 Å². The average Bonchev–Trinajstić information content (AvgIpc) is 2.59. The number of unbranched alkanes of at least 4 members (excludes halogenated alkanes) is 2. The maximum Gasteiger partial charge on any atom is 0.272 e. The van der Waals surface area contributed by atoms with Gasteiger partial charge in [0.05, 0.1) is 11.3 Å². The number of nitrogens with one attached hydrogen (secondary N) is 1. The van der Waals surface area contributed by atoms with Crippen LogP contribution in [0.1, 0.15) is 48.5 Å². The van der Waals surface area contributed by atoms with E-state index in [-0.39, 0.29) is 5.91 Å². The topological polar surface area (TPSA) is 54.4 Å². The summed E-state index contributed by atoms with van der Waals surface area (Å²) in [7, 11) is 0. The molecule has 0 aliphatic heterocycles. The highest BCUT2D eigenvalue weighted by Gasteiger charge is 2.07. The first-order chi connectivity index (χ1) is 10.8. The molecule has 0 fully saturated rings. The Bertz CT molecular complexity index is 609. The maximum atomic E-state index is 12.1. The zero-order chi connectivity index (χ0) is 15.6. The molecule has 4 nitrogen and oxygen atoms in total. The molecule has 0 atom stereocenters. The number of hydrogen-bond donors (Lipinski definition) is 1. The maximum absolute atomic E-state index is 12.1. The molecule has 0 unspecified atom stereocenters. The molecule has 1 aromatic carbocycles. The summed E-state index contributed by atoms with van der Waals surface area (Å²) in [6, 6.07) is 13.4. The summed E-state index contributed by atoms with van der Waals surface area (Å²) in [4.78, 5) is 16.0. The Labute approximate surface area is 131 Å². The molecule has 0 aliphatic rings. The Morgan fingerprint density at radius 1 is 1.09 bits per heavy atom. The van der Waals surface area contributed by atoms with Crippen LogP contribution in [0.3, 0.4) is 0 Å². The van der Waals surface area contributed by atoms with E-state index >= 15 is 0 Å². The van der Waals surface area contributed by atoms with Crippen LogP contribution in [0.2, 0.25) is 0 Å². The van der Waals surface area contributed by atoms with Crippen LogP contribution in [0.4, 0.5) is 0 Å². The monoisotopic (exact) mass is 295 g/mol. The molecule has 0 saturated carbocycles. The van der Waals surface area contributed by atoms with Crippen LogP contribution >= 0.6 is 0 Å². The highest BCUT2D eigenvalue weighted by molar-refractivity contribution is 6.02. The zero-order valence-electron chi connectivity index (χ0n) is 12.8. The van der Waals surface area contributed by atoms with Gasteiger partial charge >= 0.3 is 0 Å². The molecule has 1 aromatic heterocycles. The van der Waals surface area contributed by atoms with Gasteiger partial charge in [0.15, 0.2) is 0 Å². The number of carbonyl (C=O) groups excluding carboxylic acids is 1. The number of pyridine rings is 1. The Morgan fingerprint density at radius 2 is 1.86 bits per heavy atom. The fourth-order valence-corrected chi connectivity index (χ4v) is 2.12. The van der Waals surface area contributed by atoms with Crippen molar-refractivity contribution in [2.45, 2.75) is 32.6 Å². The normalized spacial score (nSPS) is 11.2. The quantitative estimate of drug-likeness (QED) is 0.480. The van der Waals surface area contributed by atoms with Crippen LogP contribution in [0.5, 0.6) is 0 Å². The molecular weight excluding hydrogens is 274 g/mol. The highest BCUT2D eigenvalue weighted by atomic mass is 16.2. The van der Waals surface area contributed by atoms with Gasteiger partial charge in [0.25, 0.3) is 5.91 Å². The number of hydrazone groups is 1. The zero-order valence-corrected chi connectivity index (χ0v) is 12.8. The summed E-state index contributed by atoms with van der Waals surface area (Å²) in [6.45, 7) is 2.17. The van der Waals surface area contributed by atoms with E-state index in [4.69, 9.17) is 0 Å². The lowest BCUT2D eigenvalue weighted by molar-refractivity contribution is 0.0954. The number of aromatic nitrogens is 1. The van der Waals surface area contributed by atoms with Crippen molar-refractivity contribution < 1.29 is 4.79 Å². The van der Waals surface area contributed by atoms with Gasteiger partial charge in [0.2, 0.25) is 0 Å². The molecule has 1 heterocycles. The van der Waals surface area contributed by atoms with Crippen molar-refractivity contribution in [2.75, 3.05) is 0 Å². The third kappa shape index (κ3) is 4.81. The number of amides is 1. The van der Waals surface area contributed by atoms with E-state index in [1.807, 2.05) is 30.3 Å². The summed E-state index contributed by atoms with van der Waals surface area (Å²) >= 11 is 0. The first-order valence-electron chi connectivity index (χ1n) is 7.63. The standard InChI is InChI=1S/C18H21N3O/c1-2-3-5-12-17(15-9-6-4-7-10-15)20-21-18(22)16-11-8-13-19-14-16/h4,6-11,13-14H,2-3,5,12H2,1H3,(H,21,22). The van der Waals surface area contributed by atoms with Crippen LogP contribution < -0.4 is 5.43 Å². The van der Waals surface area contributed by atoms with Crippen LogP contribution in [0.25, 0.3) is 0 Å². The third-order valence-corrected chi connectivity index (χ3v) is 3.34. The molecule has 0 saturated heterocycles. The lowest BCUT2D eigenvalue weighted by Gasteiger charge is -2.07. The summed E-state index contributed by atoms with van der Waals surface area (Å²) in [5.74, 6) is -0.239. The Kier molecular flexibility index (Phi) is 6.30. The molecule has 1 amide bonds. The molecule has 0 bridgehead atoms. The lowest BCUT2D eigenvalue weighted by atomic mass is 10.0. The van der Waals surface area contributed by atoms with Gasteiger partial charge < -0.3 is 0 Å². The number of rotatable bonds is 7. The largest absolute Gasteiger partial charge is 0.272 e. The van der Waals surface area contributed by atoms with Crippen molar-refractivity contribution in [3.63, 3.8) is 0 Å². The number of benzene rings is 1. The molecule has 1 N–H and O–H groups in total. The Balaban J connectivity index is 2.09. The summed E-state index contributed by atoms with van der Waals surface area (Å²) in [5, 5.41) is 4.33. The molecule has 0 aliphatic carbocycles. The average molecular weight is 295 g/mol. The fourth-order valence-electron chi connectivity index (χ4n) is 2.12. The second-order valence-corrected chi connectivity index (χ2v) is 5.06. The smallest absolute Gasteiger partial charge is 0.267 e.